The topological polar surface area (TPSA) is 49.2 Å². The zero-order valence-electron chi connectivity index (χ0n) is 7.84. The van der Waals surface area contributed by atoms with E-state index in [0.717, 1.165) is 16.0 Å². The van der Waals surface area contributed by atoms with Crippen molar-refractivity contribution in [2.75, 3.05) is 25.1 Å². The fourth-order valence-corrected chi connectivity index (χ4v) is 2.19. The summed E-state index contributed by atoms with van der Waals surface area (Å²) in [6, 6.07) is 1.97. The zero-order chi connectivity index (χ0) is 9.97. The van der Waals surface area contributed by atoms with Crippen LogP contribution < -0.4 is 4.90 Å². The SMILES string of the molecule is CN(CCO)c1ncnc2ccsc12. The van der Waals surface area contributed by atoms with Gasteiger partial charge >= 0.3 is 0 Å². The van der Waals surface area contributed by atoms with Gasteiger partial charge in [-0.2, -0.15) is 0 Å². The summed E-state index contributed by atoms with van der Waals surface area (Å²) in [7, 11) is 1.91. The van der Waals surface area contributed by atoms with Crippen LogP contribution >= 0.6 is 11.3 Å². The summed E-state index contributed by atoms with van der Waals surface area (Å²) < 4.78 is 1.07. The maximum atomic E-state index is 8.84. The average molecular weight is 209 g/mol. The molecule has 0 amide bonds. The van der Waals surface area contributed by atoms with Crippen LogP contribution in [0.1, 0.15) is 0 Å². The van der Waals surface area contributed by atoms with Gasteiger partial charge in [-0.25, -0.2) is 9.97 Å². The summed E-state index contributed by atoms with van der Waals surface area (Å²) >= 11 is 1.62. The summed E-state index contributed by atoms with van der Waals surface area (Å²) in [5.74, 6) is 0.888. The Bertz CT molecular complexity index is 429. The van der Waals surface area contributed by atoms with E-state index in [4.69, 9.17) is 5.11 Å². The van der Waals surface area contributed by atoms with Gasteiger partial charge in [-0.3, -0.25) is 0 Å². The number of hydrogen-bond donors (Lipinski definition) is 1. The number of anilines is 1. The summed E-state index contributed by atoms with van der Waals surface area (Å²) in [6.07, 6.45) is 1.55. The number of aliphatic hydroxyl groups is 1. The molecule has 2 aromatic rings. The Labute approximate surface area is 85.8 Å². The molecule has 2 heterocycles. The van der Waals surface area contributed by atoms with Crippen molar-refractivity contribution in [1.29, 1.82) is 0 Å². The van der Waals surface area contributed by atoms with Crippen LogP contribution in [0.4, 0.5) is 5.82 Å². The van der Waals surface area contributed by atoms with E-state index in [-0.39, 0.29) is 6.61 Å². The van der Waals surface area contributed by atoms with E-state index < -0.39 is 0 Å². The quantitative estimate of drug-likeness (QED) is 0.823. The van der Waals surface area contributed by atoms with Crippen molar-refractivity contribution < 1.29 is 5.11 Å². The fraction of sp³-hybridized carbons (Fsp3) is 0.333. The van der Waals surface area contributed by atoms with Crippen molar-refractivity contribution in [3.63, 3.8) is 0 Å². The van der Waals surface area contributed by atoms with Crippen LogP contribution in [0.3, 0.4) is 0 Å². The van der Waals surface area contributed by atoms with Gasteiger partial charge in [0.15, 0.2) is 0 Å². The highest BCUT2D eigenvalue weighted by molar-refractivity contribution is 7.17. The number of aliphatic hydroxyl groups excluding tert-OH is 1. The number of likely N-dealkylation sites (N-methyl/N-ethyl adjacent to an activating group) is 1. The minimum Gasteiger partial charge on any atom is -0.395 e. The largest absolute Gasteiger partial charge is 0.395 e. The molecular weight excluding hydrogens is 198 g/mol. The molecule has 5 heteroatoms. The summed E-state index contributed by atoms with van der Waals surface area (Å²) in [4.78, 5) is 10.3. The van der Waals surface area contributed by atoms with Crippen LogP contribution in [0.2, 0.25) is 0 Å². The van der Waals surface area contributed by atoms with Crippen molar-refractivity contribution in [3.05, 3.63) is 17.8 Å². The molecule has 1 N–H and O–H groups in total. The molecule has 4 nitrogen and oxygen atoms in total. The molecule has 2 rings (SSSR count). The molecule has 0 spiro atoms. The molecule has 14 heavy (non-hydrogen) atoms. The van der Waals surface area contributed by atoms with Crippen LogP contribution in [-0.4, -0.2) is 35.3 Å². The molecule has 0 saturated carbocycles. The second-order valence-corrected chi connectivity index (χ2v) is 3.89. The van der Waals surface area contributed by atoms with E-state index in [1.807, 2.05) is 23.4 Å². The van der Waals surface area contributed by atoms with Crippen molar-refractivity contribution in [2.24, 2.45) is 0 Å². The minimum atomic E-state index is 0.132. The highest BCUT2D eigenvalue weighted by Gasteiger charge is 2.08. The molecule has 74 valence electrons. The number of thiophene rings is 1. The predicted molar refractivity (Wildman–Crippen MR) is 57.8 cm³/mol. The average Bonchev–Trinajstić information content (AvgIpc) is 2.65. The van der Waals surface area contributed by atoms with Crippen molar-refractivity contribution in [1.82, 2.24) is 9.97 Å². The van der Waals surface area contributed by atoms with Crippen LogP contribution in [0.5, 0.6) is 0 Å². The van der Waals surface area contributed by atoms with E-state index in [2.05, 4.69) is 9.97 Å². The molecule has 0 saturated heterocycles. The lowest BCUT2D eigenvalue weighted by Gasteiger charge is -2.16. The molecule has 0 atom stereocenters. The highest BCUT2D eigenvalue weighted by Crippen LogP contribution is 2.26. The third-order valence-corrected chi connectivity index (χ3v) is 2.92. The van der Waals surface area contributed by atoms with Crippen LogP contribution in [0.25, 0.3) is 10.2 Å². The first-order chi connectivity index (χ1) is 6.83. The summed E-state index contributed by atoms with van der Waals surface area (Å²) in [5.41, 5.74) is 0.963. The fourth-order valence-electron chi connectivity index (χ4n) is 1.30. The van der Waals surface area contributed by atoms with E-state index in [9.17, 15) is 0 Å². The van der Waals surface area contributed by atoms with Gasteiger partial charge in [-0.05, 0) is 11.4 Å². The Hall–Kier alpha value is -1.20. The summed E-state index contributed by atoms with van der Waals surface area (Å²) in [6.45, 7) is 0.720. The monoisotopic (exact) mass is 209 g/mol. The van der Waals surface area contributed by atoms with Crippen molar-refractivity contribution in [2.45, 2.75) is 0 Å². The molecule has 0 fully saturated rings. The smallest absolute Gasteiger partial charge is 0.149 e. The van der Waals surface area contributed by atoms with Crippen LogP contribution in [0.15, 0.2) is 17.8 Å². The second-order valence-electron chi connectivity index (χ2n) is 2.98. The minimum absolute atomic E-state index is 0.132. The first kappa shape index (κ1) is 9.36. The van der Waals surface area contributed by atoms with Gasteiger partial charge in [0.1, 0.15) is 12.1 Å². The van der Waals surface area contributed by atoms with E-state index in [1.165, 1.54) is 0 Å². The first-order valence-electron chi connectivity index (χ1n) is 4.33. The normalized spacial score (nSPS) is 10.7. The standard InChI is InChI=1S/C9H11N3OS/c1-12(3-4-13)9-8-7(2-5-14-8)10-6-11-9/h2,5-6,13H,3-4H2,1H3. The molecule has 0 bridgehead atoms. The zero-order valence-corrected chi connectivity index (χ0v) is 8.66. The van der Waals surface area contributed by atoms with Gasteiger partial charge in [0.25, 0.3) is 0 Å². The third-order valence-electron chi connectivity index (χ3n) is 2.02. The van der Waals surface area contributed by atoms with E-state index in [0.29, 0.717) is 6.54 Å². The first-order valence-corrected chi connectivity index (χ1v) is 5.21. The van der Waals surface area contributed by atoms with Gasteiger partial charge in [0.05, 0.1) is 16.8 Å². The Morgan fingerprint density at radius 3 is 3.14 bits per heavy atom. The molecule has 0 aliphatic carbocycles. The van der Waals surface area contributed by atoms with E-state index in [1.54, 1.807) is 17.7 Å². The lowest BCUT2D eigenvalue weighted by molar-refractivity contribution is 0.304. The molecule has 0 aromatic carbocycles. The maximum Gasteiger partial charge on any atom is 0.149 e. The number of aromatic nitrogens is 2. The maximum absolute atomic E-state index is 8.84. The van der Waals surface area contributed by atoms with Gasteiger partial charge in [0, 0.05) is 13.6 Å². The van der Waals surface area contributed by atoms with Crippen LogP contribution in [-0.2, 0) is 0 Å². The van der Waals surface area contributed by atoms with Gasteiger partial charge in [-0.15, -0.1) is 11.3 Å². The number of rotatable bonds is 3. The van der Waals surface area contributed by atoms with Crippen molar-refractivity contribution >= 4 is 27.4 Å². The van der Waals surface area contributed by atoms with Gasteiger partial charge in [-0.1, -0.05) is 0 Å². The number of nitrogens with zero attached hydrogens (tertiary/aromatic N) is 3. The molecular formula is C9H11N3OS. The Morgan fingerprint density at radius 2 is 2.36 bits per heavy atom. The highest BCUT2D eigenvalue weighted by atomic mass is 32.1. The second kappa shape index (κ2) is 3.89. The Morgan fingerprint density at radius 1 is 1.50 bits per heavy atom. The summed E-state index contributed by atoms with van der Waals surface area (Å²) in [5, 5.41) is 10.8. The van der Waals surface area contributed by atoms with Crippen LogP contribution in [0, 0.1) is 0 Å². The Balaban J connectivity index is 2.45. The predicted octanol–water partition coefficient (Wildman–Crippen LogP) is 1.12. The number of hydrogen-bond acceptors (Lipinski definition) is 5. The molecule has 2 aromatic heterocycles. The van der Waals surface area contributed by atoms with Crippen molar-refractivity contribution in [3.8, 4) is 0 Å². The van der Waals surface area contributed by atoms with Gasteiger partial charge in [0.2, 0.25) is 0 Å². The van der Waals surface area contributed by atoms with Gasteiger partial charge < -0.3 is 10.0 Å². The molecule has 0 unspecified atom stereocenters. The lowest BCUT2D eigenvalue weighted by atomic mass is 10.4. The number of fused-ring (bicyclic) bond motifs is 1. The third kappa shape index (κ3) is 1.56. The molecule has 0 aliphatic heterocycles. The lowest BCUT2D eigenvalue weighted by Crippen LogP contribution is -2.22. The molecule has 0 radical (unpaired) electrons. The Kier molecular flexibility index (Phi) is 2.60. The van der Waals surface area contributed by atoms with E-state index >= 15 is 0 Å². The molecule has 0 aliphatic rings.